The number of hydrogen-bond donors (Lipinski definition) is 1. The van der Waals surface area contributed by atoms with Crippen LogP contribution in [0.4, 0.5) is 10.1 Å². The molecule has 0 aliphatic carbocycles. The molecule has 1 fully saturated rings. The van der Waals surface area contributed by atoms with Crippen LogP contribution in [-0.2, 0) is 9.59 Å². The van der Waals surface area contributed by atoms with Crippen LogP contribution in [0.3, 0.4) is 0 Å². The number of aliphatic hydroxyl groups excluding tert-OH is 1. The zero-order valence-electron chi connectivity index (χ0n) is 16.7. The summed E-state index contributed by atoms with van der Waals surface area (Å²) in [6.07, 6.45) is 3.04. The molecule has 1 atom stereocenters. The van der Waals surface area contributed by atoms with Gasteiger partial charge in [0, 0.05) is 23.6 Å². The van der Waals surface area contributed by atoms with Crippen molar-refractivity contribution in [3.63, 3.8) is 0 Å². The highest BCUT2D eigenvalue weighted by molar-refractivity contribution is 6.51. The maximum absolute atomic E-state index is 13.9. The summed E-state index contributed by atoms with van der Waals surface area (Å²) >= 11 is 0. The SMILES string of the molecule is O=C1C(=O)N(c2cccc(F)c2)C(c2ccncc2)/C1=C(/O)c1ccc2c(c1)OCCO2. The molecule has 7 nitrogen and oxygen atoms in total. The molecular formula is C24H17FN2O5. The largest absolute Gasteiger partial charge is 0.507 e. The molecule has 3 heterocycles. The van der Waals surface area contributed by atoms with Gasteiger partial charge in [0.2, 0.25) is 0 Å². The summed E-state index contributed by atoms with van der Waals surface area (Å²) in [6, 6.07) is 12.5. The molecular weight excluding hydrogens is 415 g/mol. The Kier molecular flexibility index (Phi) is 4.82. The van der Waals surface area contributed by atoms with E-state index >= 15 is 0 Å². The highest BCUT2D eigenvalue weighted by atomic mass is 19.1. The molecule has 32 heavy (non-hydrogen) atoms. The number of ether oxygens (including phenoxy) is 2. The fraction of sp³-hybridized carbons (Fsp3) is 0.125. The highest BCUT2D eigenvalue weighted by Gasteiger charge is 2.47. The maximum Gasteiger partial charge on any atom is 0.300 e. The number of carbonyl (C=O) groups is 2. The molecule has 1 N–H and O–H groups in total. The summed E-state index contributed by atoms with van der Waals surface area (Å²) in [7, 11) is 0. The van der Waals surface area contributed by atoms with E-state index in [0.717, 1.165) is 0 Å². The van der Waals surface area contributed by atoms with E-state index in [4.69, 9.17) is 9.47 Å². The van der Waals surface area contributed by atoms with E-state index in [-0.39, 0.29) is 17.0 Å². The molecule has 0 radical (unpaired) electrons. The second-order valence-corrected chi connectivity index (χ2v) is 7.29. The van der Waals surface area contributed by atoms with E-state index in [2.05, 4.69) is 4.98 Å². The minimum atomic E-state index is -0.965. The number of Topliss-reactive ketones (excluding diaryl/α,β-unsaturated/α-hetero) is 1. The van der Waals surface area contributed by atoms with Crippen LogP contribution in [0.1, 0.15) is 17.2 Å². The van der Waals surface area contributed by atoms with E-state index in [0.29, 0.717) is 35.8 Å². The van der Waals surface area contributed by atoms with Crippen molar-refractivity contribution < 1.29 is 28.6 Å². The van der Waals surface area contributed by atoms with E-state index in [1.165, 1.54) is 41.6 Å². The number of benzene rings is 2. The van der Waals surface area contributed by atoms with Gasteiger partial charge in [0.1, 0.15) is 24.8 Å². The van der Waals surface area contributed by atoms with Gasteiger partial charge >= 0.3 is 0 Å². The molecule has 5 rings (SSSR count). The number of aromatic nitrogens is 1. The van der Waals surface area contributed by atoms with Gasteiger partial charge < -0.3 is 14.6 Å². The molecule has 1 saturated heterocycles. The molecule has 2 aliphatic rings. The van der Waals surface area contributed by atoms with E-state index < -0.39 is 23.5 Å². The van der Waals surface area contributed by atoms with Crippen LogP contribution in [0.5, 0.6) is 11.5 Å². The van der Waals surface area contributed by atoms with Crippen molar-refractivity contribution in [3.05, 3.63) is 89.5 Å². The minimum Gasteiger partial charge on any atom is -0.507 e. The molecule has 2 aliphatic heterocycles. The number of ketones is 1. The summed E-state index contributed by atoms with van der Waals surface area (Å²) in [5.74, 6) is -1.69. The third kappa shape index (κ3) is 3.26. The van der Waals surface area contributed by atoms with Gasteiger partial charge in [-0.2, -0.15) is 0 Å². The summed E-state index contributed by atoms with van der Waals surface area (Å²) < 4.78 is 25.0. The molecule has 1 unspecified atom stereocenters. The Bertz CT molecular complexity index is 1260. The van der Waals surface area contributed by atoms with Gasteiger partial charge in [-0.1, -0.05) is 6.07 Å². The number of halogens is 1. The number of hydrogen-bond acceptors (Lipinski definition) is 6. The van der Waals surface area contributed by atoms with Gasteiger partial charge in [0.15, 0.2) is 11.5 Å². The molecule has 0 bridgehead atoms. The lowest BCUT2D eigenvalue weighted by molar-refractivity contribution is -0.132. The normalized spacial score (nSPS) is 19.3. The number of carbonyl (C=O) groups excluding carboxylic acids is 2. The Morgan fingerprint density at radius 2 is 1.75 bits per heavy atom. The van der Waals surface area contributed by atoms with Crippen molar-refractivity contribution in [1.82, 2.24) is 4.98 Å². The lowest BCUT2D eigenvalue weighted by Gasteiger charge is -2.25. The molecule has 1 aromatic heterocycles. The second kappa shape index (κ2) is 7.81. The van der Waals surface area contributed by atoms with Crippen LogP contribution >= 0.6 is 0 Å². The number of pyridine rings is 1. The van der Waals surface area contributed by atoms with Gasteiger partial charge in [0.25, 0.3) is 11.7 Å². The molecule has 160 valence electrons. The number of amides is 1. The fourth-order valence-electron chi connectivity index (χ4n) is 3.93. The van der Waals surface area contributed by atoms with Crippen molar-refractivity contribution in [2.45, 2.75) is 6.04 Å². The van der Waals surface area contributed by atoms with Crippen molar-refractivity contribution >= 4 is 23.1 Å². The summed E-state index contributed by atoms with van der Waals surface area (Å²) in [6.45, 7) is 0.775. The smallest absolute Gasteiger partial charge is 0.300 e. The molecule has 0 spiro atoms. The molecule has 3 aromatic rings. The Labute approximate surface area is 182 Å². The van der Waals surface area contributed by atoms with E-state index in [1.54, 1.807) is 30.3 Å². The third-order valence-corrected chi connectivity index (χ3v) is 5.37. The van der Waals surface area contributed by atoms with E-state index in [1.807, 2.05) is 0 Å². The molecule has 8 heteroatoms. The van der Waals surface area contributed by atoms with Crippen LogP contribution in [0.2, 0.25) is 0 Å². The summed E-state index contributed by atoms with van der Waals surface area (Å²) in [5, 5.41) is 11.2. The van der Waals surface area contributed by atoms with Gasteiger partial charge in [-0.05, 0) is 54.1 Å². The Balaban J connectivity index is 1.69. The fourth-order valence-corrected chi connectivity index (χ4v) is 3.93. The standard InChI is InChI=1S/C24H17FN2O5/c25-16-2-1-3-17(13-16)27-21(14-6-8-26-9-7-14)20(23(29)24(27)30)22(28)15-4-5-18-19(12-15)32-11-10-31-18/h1-9,12-13,21,28H,10-11H2/b22-20-. The van der Waals surface area contributed by atoms with Crippen LogP contribution < -0.4 is 14.4 Å². The van der Waals surface area contributed by atoms with Gasteiger partial charge in [-0.15, -0.1) is 0 Å². The topological polar surface area (TPSA) is 89.0 Å². The molecule has 1 amide bonds. The third-order valence-electron chi connectivity index (χ3n) is 5.37. The zero-order chi connectivity index (χ0) is 22.2. The monoisotopic (exact) mass is 432 g/mol. The first-order valence-electron chi connectivity index (χ1n) is 9.91. The van der Waals surface area contributed by atoms with E-state index in [9.17, 15) is 19.1 Å². The number of aliphatic hydroxyl groups is 1. The average molecular weight is 432 g/mol. The van der Waals surface area contributed by atoms with Crippen LogP contribution in [-0.4, -0.2) is 35.0 Å². The Hall–Kier alpha value is -4.20. The van der Waals surface area contributed by atoms with Crippen LogP contribution in [0.25, 0.3) is 5.76 Å². The summed E-state index contributed by atoms with van der Waals surface area (Å²) in [4.78, 5) is 31.3. The first-order valence-corrected chi connectivity index (χ1v) is 9.91. The quantitative estimate of drug-likeness (QED) is 0.386. The summed E-state index contributed by atoms with van der Waals surface area (Å²) in [5.41, 5.74) is 0.936. The minimum absolute atomic E-state index is 0.109. The first-order chi connectivity index (χ1) is 15.5. The predicted octanol–water partition coefficient (Wildman–Crippen LogP) is 3.62. The highest BCUT2D eigenvalue weighted by Crippen LogP contribution is 2.43. The average Bonchev–Trinajstić information content (AvgIpc) is 3.09. The number of nitrogens with zero attached hydrogens (tertiary/aromatic N) is 2. The van der Waals surface area contributed by atoms with Crippen LogP contribution in [0.15, 0.2) is 72.6 Å². The lowest BCUT2D eigenvalue weighted by Crippen LogP contribution is -2.29. The van der Waals surface area contributed by atoms with Gasteiger partial charge in [-0.25, -0.2) is 4.39 Å². The van der Waals surface area contributed by atoms with Gasteiger partial charge in [0.05, 0.1) is 11.6 Å². The Morgan fingerprint density at radius 3 is 2.50 bits per heavy atom. The Morgan fingerprint density at radius 1 is 1.00 bits per heavy atom. The first kappa shape index (κ1) is 19.7. The molecule has 0 saturated carbocycles. The lowest BCUT2D eigenvalue weighted by atomic mass is 9.95. The van der Waals surface area contributed by atoms with Gasteiger partial charge in [-0.3, -0.25) is 19.5 Å². The number of anilines is 1. The maximum atomic E-state index is 13.9. The van der Waals surface area contributed by atoms with Crippen molar-refractivity contribution in [1.29, 1.82) is 0 Å². The second-order valence-electron chi connectivity index (χ2n) is 7.29. The van der Waals surface area contributed by atoms with Crippen molar-refractivity contribution in [2.75, 3.05) is 18.1 Å². The predicted molar refractivity (Wildman–Crippen MR) is 113 cm³/mol. The number of rotatable bonds is 3. The van der Waals surface area contributed by atoms with Crippen molar-refractivity contribution in [2.24, 2.45) is 0 Å². The molecule has 2 aromatic carbocycles. The van der Waals surface area contributed by atoms with Crippen molar-refractivity contribution in [3.8, 4) is 11.5 Å². The zero-order valence-corrected chi connectivity index (χ0v) is 16.7. The number of fused-ring (bicyclic) bond motifs is 1. The van der Waals surface area contributed by atoms with Crippen LogP contribution in [0, 0.1) is 5.82 Å².